The maximum absolute atomic E-state index is 10.9. The minimum Gasteiger partial charge on any atom is -0.481 e. The van der Waals surface area contributed by atoms with Gasteiger partial charge >= 0.3 is 17.9 Å². The molecule has 0 saturated carbocycles. The average molecular weight is 244 g/mol. The van der Waals surface area contributed by atoms with Crippen LogP contribution >= 0.6 is 0 Å². The lowest BCUT2D eigenvalue weighted by molar-refractivity contribution is -0.152. The van der Waals surface area contributed by atoms with Crippen LogP contribution in [0.1, 0.15) is 26.7 Å². The Hall–Kier alpha value is -1.85. The molecule has 6 heteroatoms. The quantitative estimate of drug-likeness (QED) is 0.580. The molecule has 0 rings (SSSR count). The van der Waals surface area contributed by atoms with E-state index in [1.165, 1.54) is 13.0 Å². The SMILES string of the molecule is CCC(=CCC(C(=O)O)C(C)C(=O)O)C(=O)O. The lowest BCUT2D eigenvalue weighted by Gasteiger charge is -2.14. The number of hydrogen-bond donors (Lipinski definition) is 3. The van der Waals surface area contributed by atoms with Crippen LogP contribution in [0.4, 0.5) is 0 Å². The maximum Gasteiger partial charge on any atom is 0.331 e. The average Bonchev–Trinajstić information content (AvgIpc) is 2.22. The van der Waals surface area contributed by atoms with Gasteiger partial charge in [-0.1, -0.05) is 19.9 Å². The molecule has 17 heavy (non-hydrogen) atoms. The molecule has 0 spiro atoms. The summed E-state index contributed by atoms with van der Waals surface area (Å²) in [6, 6.07) is 0. The molecule has 2 atom stereocenters. The van der Waals surface area contributed by atoms with E-state index in [1.807, 2.05) is 0 Å². The van der Waals surface area contributed by atoms with Gasteiger partial charge in [0.25, 0.3) is 0 Å². The second-order valence-electron chi connectivity index (χ2n) is 3.70. The summed E-state index contributed by atoms with van der Waals surface area (Å²) >= 11 is 0. The fourth-order valence-electron chi connectivity index (χ4n) is 1.34. The summed E-state index contributed by atoms with van der Waals surface area (Å²) in [5.41, 5.74) is 0.0915. The first-order valence-corrected chi connectivity index (χ1v) is 5.19. The summed E-state index contributed by atoms with van der Waals surface area (Å²) in [5, 5.41) is 26.3. The predicted molar refractivity (Wildman–Crippen MR) is 58.6 cm³/mol. The third-order valence-corrected chi connectivity index (χ3v) is 2.58. The molecule has 0 radical (unpaired) electrons. The first-order valence-electron chi connectivity index (χ1n) is 5.19. The lowest BCUT2D eigenvalue weighted by Crippen LogP contribution is -2.27. The van der Waals surface area contributed by atoms with Gasteiger partial charge in [0.2, 0.25) is 0 Å². The highest BCUT2D eigenvalue weighted by atomic mass is 16.4. The number of hydrogen-bond acceptors (Lipinski definition) is 3. The van der Waals surface area contributed by atoms with Crippen molar-refractivity contribution >= 4 is 17.9 Å². The second kappa shape index (κ2) is 6.67. The fraction of sp³-hybridized carbons (Fsp3) is 0.545. The van der Waals surface area contributed by atoms with Crippen LogP contribution in [0.3, 0.4) is 0 Å². The topological polar surface area (TPSA) is 112 Å². The molecule has 0 bridgehead atoms. The molecular weight excluding hydrogens is 228 g/mol. The molecule has 3 N–H and O–H groups in total. The van der Waals surface area contributed by atoms with E-state index in [9.17, 15) is 14.4 Å². The van der Waals surface area contributed by atoms with E-state index in [2.05, 4.69) is 0 Å². The van der Waals surface area contributed by atoms with Gasteiger partial charge in [0.05, 0.1) is 11.8 Å². The van der Waals surface area contributed by atoms with Crippen LogP contribution in [0.25, 0.3) is 0 Å². The van der Waals surface area contributed by atoms with Crippen molar-refractivity contribution in [3.8, 4) is 0 Å². The van der Waals surface area contributed by atoms with Crippen molar-refractivity contribution in [3.05, 3.63) is 11.6 Å². The van der Waals surface area contributed by atoms with Crippen LogP contribution in [-0.4, -0.2) is 33.2 Å². The zero-order valence-electron chi connectivity index (χ0n) is 9.71. The van der Waals surface area contributed by atoms with Gasteiger partial charge in [0.1, 0.15) is 0 Å². The van der Waals surface area contributed by atoms with Crippen LogP contribution in [0.5, 0.6) is 0 Å². The number of carboxylic acids is 3. The van der Waals surface area contributed by atoms with Crippen molar-refractivity contribution in [1.29, 1.82) is 0 Å². The molecule has 0 aromatic rings. The Morgan fingerprint density at radius 3 is 1.94 bits per heavy atom. The number of carbonyl (C=O) groups is 3. The molecule has 6 nitrogen and oxygen atoms in total. The fourth-order valence-corrected chi connectivity index (χ4v) is 1.34. The van der Waals surface area contributed by atoms with Crippen LogP contribution in [0, 0.1) is 11.8 Å². The van der Waals surface area contributed by atoms with Gasteiger partial charge in [-0.3, -0.25) is 9.59 Å². The standard InChI is InChI=1S/C11H16O6/c1-3-7(10(14)15)4-5-8(11(16)17)6(2)9(12)13/h4,6,8H,3,5H2,1-2H3,(H,12,13)(H,14,15)(H,16,17). The summed E-state index contributed by atoms with van der Waals surface area (Å²) < 4.78 is 0. The van der Waals surface area contributed by atoms with E-state index in [1.54, 1.807) is 6.92 Å². The number of allylic oxidation sites excluding steroid dienone is 1. The van der Waals surface area contributed by atoms with Crippen LogP contribution in [0.15, 0.2) is 11.6 Å². The van der Waals surface area contributed by atoms with Crippen molar-refractivity contribution in [2.75, 3.05) is 0 Å². The lowest BCUT2D eigenvalue weighted by atomic mass is 9.90. The summed E-state index contributed by atoms with van der Waals surface area (Å²) in [6.07, 6.45) is 1.45. The molecule has 0 amide bonds. The Kier molecular flexibility index (Phi) is 5.95. The van der Waals surface area contributed by atoms with Crippen molar-refractivity contribution < 1.29 is 29.7 Å². The molecule has 2 unspecified atom stereocenters. The van der Waals surface area contributed by atoms with Crippen molar-refractivity contribution in [1.82, 2.24) is 0 Å². The third-order valence-electron chi connectivity index (χ3n) is 2.58. The van der Waals surface area contributed by atoms with Gasteiger partial charge in [-0.05, 0) is 12.8 Å². The molecular formula is C11H16O6. The van der Waals surface area contributed by atoms with E-state index < -0.39 is 29.7 Å². The van der Waals surface area contributed by atoms with Gasteiger partial charge in [-0.15, -0.1) is 0 Å². The molecule has 0 aromatic carbocycles. The summed E-state index contributed by atoms with van der Waals surface area (Å²) in [4.78, 5) is 32.3. The minimum atomic E-state index is -1.24. The summed E-state index contributed by atoms with van der Waals surface area (Å²) in [6.45, 7) is 2.93. The molecule has 0 aliphatic rings. The number of rotatable bonds is 7. The van der Waals surface area contributed by atoms with E-state index in [-0.39, 0.29) is 18.4 Å². The smallest absolute Gasteiger partial charge is 0.331 e. The normalized spacial score (nSPS) is 15.1. The molecule has 0 aliphatic carbocycles. The first kappa shape index (κ1) is 15.2. The van der Waals surface area contributed by atoms with Crippen molar-refractivity contribution in [2.45, 2.75) is 26.7 Å². The zero-order valence-corrected chi connectivity index (χ0v) is 9.71. The number of carboxylic acid groups (broad SMARTS) is 3. The van der Waals surface area contributed by atoms with E-state index >= 15 is 0 Å². The Bertz CT molecular complexity index is 344. The molecule has 0 heterocycles. The van der Waals surface area contributed by atoms with Gasteiger partial charge in [-0.25, -0.2) is 4.79 Å². The Morgan fingerprint density at radius 2 is 1.65 bits per heavy atom. The maximum atomic E-state index is 10.9. The summed E-state index contributed by atoms with van der Waals surface area (Å²) in [5.74, 6) is -5.74. The van der Waals surface area contributed by atoms with Gasteiger partial charge in [0.15, 0.2) is 0 Å². The Labute approximate surface area is 98.6 Å². The van der Waals surface area contributed by atoms with E-state index in [4.69, 9.17) is 15.3 Å². The predicted octanol–water partition coefficient (Wildman–Crippen LogP) is 1.22. The second-order valence-corrected chi connectivity index (χ2v) is 3.70. The monoisotopic (exact) mass is 244 g/mol. The van der Waals surface area contributed by atoms with Gasteiger partial charge in [0, 0.05) is 5.57 Å². The molecule has 0 saturated heterocycles. The zero-order chi connectivity index (χ0) is 13.6. The van der Waals surface area contributed by atoms with Gasteiger partial charge in [-0.2, -0.15) is 0 Å². The third kappa shape index (κ3) is 4.67. The molecule has 96 valence electrons. The van der Waals surface area contributed by atoms with Crippen LogP contribution in [-0.2, 0) is 14.4 Å². The Balaban J connectivity index is 4.84. The van der Waals surface area contributed by atoms with Crippen LogP contribution < -0.4 is 0 Å². The first-order chi connectivity index (χ1) is 7.81. The highest BCUT2D eigenvalue weighted by Crippen LogP contribution is 2.18. The molecule has 0 aromatic heterocycles. The molecule has 0 fully saturated rings. The van der Waals surface area contributed by atoms with Gasteiger partial charge < -0.3 is 15.3 Å². The van der Waals surface area contributed by atoms with E-state index in [0.717, 1.165) is 0 Å². The van der Waals surface area contributed by atoms with Crippen molar-refractivity contribution in [2.24, 2.45) is 11.8 Å². The van der Waals surface area contributed by atoms with Crippen LogP contribution in [0.2, 0.25) is 0 Å². The minimum absolute atomic E-state index is 0.0915. The highest BCUT2D eigenvalue weighted by Gasteiger charge is 2.29. The largest absolute Gasteiger partial charge is 0.481 e. The molecule has 0 aliphatic heterocycles. The number of aliphatic carboxylic acids is 3. The Morgan fingerprint density at radius 1 is 1.12 bits per heavy atom. The van der Waals surface area contributed by atoms with Crippen molar-refractivity contribution in [3.63, 3.8) is 0 Å². The van der Waals surface area contributed by atoms with E-state index in [0.29, 0.717) is 0 Å². The highest BCUT2D eigenvalue weighted by molar-refractivity contribution is 5.86. The summed E-state index contributed by atoms with van der Waals surface area (Å²) in [7, 11) is 0.